The second-order valence-corrected chi connectivity index (χ2v) is 7.28. The van der Waals surface area contributed by atoms with Crippen molar-refractivity contribution in [2.75, 3.05) is 60.0 Å². The highest BCUT2D eigenvalue weighted by molar-refractivity contribution is 14.0. The molecular weight excluding hydrogens is 455 g/mol. The molecule has 2 fully saturated rings. The predicted molar refractivity (Wildman–Crippen MR) is 120 cm³/mol. The summed E-state index contributed by atoms with van der Waals surface area (Å²) < 4.78 is 11.7. The number of rotatable bonds is 6. The van der Waals surface area contributed by atoms with E-state index in [1.54, 1.807) is 0 Å². The van der Waals surface area contributed by atoms with Crippen molar-refractivity contribution >= 4 is 29.9 Å². The lowest BCUT2D eigenvalue weighted by Gasteiger charge is -2.31. The van der Waals surface area contributed by atoms with E-state index in [0.29, 0.717) is 12.5 Å². The summed E-state index contributed by atoms with van der Waals surface area (Å²) in [6.07, 6.45) is 1.39. The van der Waals surface area contributed by atoms with Crippen molar-refractivity contribution in [1.82, 2.24) is 15.1 Å². The molecule has 0 amide bonds. The van der Waals surface area contributed by atoms with Gasteiger partial charge in [0, 0.05) is 45.7 Å². The lowest BCUT2D eigenvalue weighted by atomic mass is 10.1. The van der Waals surface area contributed by atoms with Gasteiger partial charge in [-0.15, -0.1) is 24.0 Å². The minimum absolute atomic E-state index is 0. The second kappa shape index (κ2) is 11.8. The summed E-state index contributed by atoms with van der Waals surface area (Å²) >= 11 is 0. The molecule has 2 aliphatic heterocycles. The number of benzene rings is 1. The zero-order chi connectivity index (χ0) is 18.2. The number of hydrogen-bond acceptors (Lipinski definition) is 4. The Balaban J connectivity index is 0.00000261. The van der Waals surface area contributed by atoms with Crippen molar-refractivity contribution in [2.45, 2.75) is 19.1 Å². The Morgan fingerprint density at radius 3 is 2.81 bits per heavy atom. The Hall–Kier alpha value is -0.900. The number of hydrogen-bond donors (Lipinski definition) is 1. The molecule has 0 bridgehead atoms. The number of aliphatic imine (C=N–C) groups is 1. The Morgan fingerprint density at radius 2 is 2.07 bits per heavy atom. The highest BCUT2D eigenvalue weighted by atomic mass is 127. The smallest absolute Gasteiger partial charge is 0.193 e. The van der Waals surface area contributed by atoms with E-state index in [9.17, 15) is 0 Å². The van der Waals surface area contributed by atoms with Crippen LogP contribution in [0.2, 0.25) is 0 Å². The Bertz CT molecular complexity index is 572. The monoisotopic (exact) mass is 488 g/mol. The fourth-order valence-electron chi connectivity index (χ4n) is 3.61. The van der Waals surface area contributed by atoms with E-state index in [0.717, 1.165) is 58.3 Å². The molecule has 3 rings (SSSR count). The molecule has 27 heavy (non-hydrogen) atoms. The van der Waals surface area contributed by atoms with Crippen molar-refractivity contribution < 1.29 is 9.47 Å². The summed E-state index contributed by atoms with van der Waals surface area (Å²) in [5.74, 6) is 1.54. The van der Waals surface area contributed by atoms with E-state index >= 15 is 0 Å². The van der Waals surface area contributed by atoms with Crippen molar-refractivity contribution in [3.63, 3.8) is 0 Å². The molecule has 0 aliphatic carbocycles. The second-order valence-electron chi connectivity index (χ2n) is 7.28. The van der Waals surface area contributed by atoms with Crippen molar-refractivity contribution in [3.8, 4) is 0 Å². The number of halogens is 1. The van der Waals surface area contributed by atoms with Crippen LogP contribution in [0.5, 0.6) is 0 Å². The summed E-state index contributed by atoms with van der Waals surface area (Å²) in [5, 5.41) is 3.49. The SMILES string of the molecule is CN=C(NCC1CN(C)CCO1)N1CCC(COCc2ccccc2)C1.I. The molecule has 6 nitrogen and oxygen atoms in total. The van der Waals surface area contributed by atoms with Crippen LogP contribution in [0, 0.1) is 5.92 Å². The summed E-state index contributed by atoms with van der Waals surface area (Å²) in [6, 6.07) is 10.4. The van der Waals surface area contributed by atoms with E-state index in [2.05, 4.69) is 51.4 Å². The molecular formula is C20H33IN4O2. The molecule has 0 spiro atoms. The molecule has 7 heteroatoms. The van der Waals surface area contributed by atoms with Gasteiger partial charge in [0.2, 0.25) is 0 Å². The van der Waals surface area contributed by atoms with E-state index in [4.69, 9.17) is 9.47 Å². The Morgan fingerprint density at radius 1 is 1.26 bits per heavy atom. The van der Waals surface area contributed by atoms with Crippen LogP contribution in [-0.2, 0) is 16.1 Å². The fraction of sp³-hybridized carbons (Fsp3) is 0.650. The highest BCUT2D eigenvalue weighted by Gasteiger charge is 2.26. The van der Waals surface area contributed by atoms with Gasteiger partial charge in [-0.05, 0) is 19.0 Å². The first kappa shape index (κ1) is 22.4. The van der Waals surface area contributed by atoms with Crippen LogP contribution < -0.4 is 5.32 Å². The van der Waals surface area contributed by atoms with Crippen LogP contribution in [-0.4, -0.2) is 81.9 Å². The molecule has 1 aromatic carbocycles. The van der Waals surface area contributed by atoms with Crippen molar-refractivity contribution in [3.05, 3.63) is 35.9 Å². The van der Waals surface area contributed by atoms with Gasteiger partial charge in [-0.3, -0.25) is 4.99 Å². The van der Waals surface area contributed by atoms with Crippen LogP contribution in [0.1, 0.15) is 12.0 Å². The molecule has 2 aliphatic rings. The summed E-state index contributed by atoms with van der Waals surface area (Å²) in [5.41, 5.74) is 1.23. The molecule has 1 N–H and O–H groups in total. The standard InChI is InChI=1S/C20H32N4O2.HI/c1-21-20(22-12-19-14-23(2)10-11-26-19)24-9-8-18(13-24)16-25-15-17-6-4-3-5-7-17;/h3-7,18-19H,8-16H2,1-2H3,(H,21,22);1H. The van der Waals surface area contributed by atoms with Crippen molar-refractivity contribution in [2.24, 2.45) is 10.9 Å². The third-order valence-corrected chi connectivity index (χ3v) is 5.09. The predicted octanol–water partition coefficient (Wildman–Crippen LogP) is 2.05. The molecule has 2 heterocycles. The van der Waals surface area contributed by atoms with Crippen LogP contribution in [0.15, 0.2) is 35.3 Å². The number of likely N-dealkylation sites (N-methyl/N-ethyl adjacent to an activating group) is 1. The first-order valence-corrected chi connectivity index (χ1v) is 9.62. The number of nitrogens with zero attached hydrogens (tertiary/aromatic N) is 3. The van der Waals surface area contributed by atoms with Crippen LogP contribution in [0.3, 0.4) is 0 Å². The van der Waals surface area contributed by atoms with Gasteiger partial charge in [0.1, 0.15) is 0 Å². The third-order valence-electron chi connectivity index (χ3n) is 5.09. The lowest BCUT2D eigenvalue weighted by Crippen LogP contribution is -2.49. The van der Waals surface area contributed by atoms with Crippen LogP contribution in [0.25, 0.3) is 0 Å². The minimum atomic E-state index is 0. The van der Waals surface area contributed by atoms with Gasteiger partial charge in [-0.1, -0.05) is 30.3 Å². The molecule has 2 atom stereocenters. The molecule has 152 valence electrons. The van der Waals surface area contributed by atoms with Crippen LogP contribution >= 0.6 is 24.0 Å². The minimum Gasteiger partial charge on any atom is -0.376 e. The van der Waals surface area contributed by atoms with Gasteiger partial charge in [-0.25, -0.2) is 0 Å². The molecule has 2 saturated heterocycles. The zero-order valence-corrected chi connectivity index (χ0v) is 18.8. The van der Waals surface area contributed by atoms with Gasteiger partial charge in [-0.2, -0.15) is 0 Å². The Kier molecular flexibility index (Phi) is 9.81. The molecule has 0 saturated carbocycles. The van der Waals surface area contributed by atoms with Crippen LogP contribution in [0.4, 0.5) is 0 Å². The average molecular weight is 488 g/mol. The van der Waals surface area contributed by atoms with Gasteiger partial charge < -0.3 is 24.6 Å². The van der Waals surface area contributed by atoms with E-state index in [-0.39, 0.29) is 30.1 Å². The summed E-state index contributed by atoms with van der Waals surface area (Å²) in [4.78, 5) is 9.11. The summed E-state index contributed by atoms with van der Waals surface area (Å²) in [7, 11) is 4.00. The number of nitrogens with one attached hydrogen (secondary N) is 1. The quantitative estimate of drug-likeness (QED) is 0.378. The maximum atomic E-state index is 5.92. The van der Waals surface area contributed by atoms with Gasteiger partial charge in [0.25, 0.3) is 0 Å². The first-order chi connectivity index (χ1) is 12.7. The maximum Gasteiger partial charge on any atom is 0.193 e. The molecule has 2 unspecified atom stereocenters. The number of likely N-dealkylation sites (tertiary alicyclic amines) is 1. The van der Waals surface area contributed by atoms with Gasteiger partial charge in [0.05, 0.1) is 25.9 Å². The number of ether oxygens (including phenoxy) is 2. The van der Waals surface area contributed by atoms with E-state index in [1.165, 1.54) is 5.56 Å². The lowest BCUT2D eigenvalue weighted by molar-refractivity contribution is -0.0163. The zero-order valence-electron chi connectivity index (χ0n) is 16.5. The van der Waals surface area contributed by atoms with E-state index < -0.39 is 0 Å². The summed E-state index contributed by atoms with van der Waals surface area (Å²) in [6.45, 7) is 7.14. The van der Waals surface area contributed by atoms with Gasteiger partial charge in [0.15, 0.2) is 5.96 Å². The number of guanidine groups is 1. The van der Waals surface area contributed by atoms with Crippen molar-refractivity contribution in [1.29, 1.82) is 0 Å². The number of morpholine rings is 1. The fourth-order valence-corrected chi connectivity index (χ4v) is 3.61. The average Bonchev–Trinajstić information content (AvgIpc) is 3.12. The molecule has 1 aromatic rings. The van der Waals surface area contributed by atoms with Gasteiger partial charge >= 0.3 is 0 Å². The maximum absolute atomic E-state index is 5.92. The largest absolute Gasteiger partial charge is 0.376 e. The molecule has 0 aromatic heterocycles. The van der Waals surface area contributed by atoms with E-state index in [1.807, 2.05) is 13.1 Å². The Labute approximate surface area is 180 Å². The first-order valence-electron chi connectivity index (χ1n) is 9.62. The highest BCUT2D eigenvalue weighted by Crippen LogP contribution is 2.17. The normalized spacial score (nSPS) is 23.9. The topological polar surface area (TPSA) is 49.3 Å². The molecule has 0 radical (unpaired) electrons. The third kappa shape index (κ3) is 7.21.